The van der Waals surface area contributed by atoms with E-state index in [1.54, 1.807) is 0 Å². The van der Waals surface area contributed by atoms with Gasteiger partial charge < -0.3 is 15.5 Å². The quantitative estimate of drug-likeness (QED) is 0.320. The zero-order chi connectivity index (χ0) is 20.1. The van der Waals surface area contributed by atoms with Crippen LogP contribution in [0.3, 0.4) is 0 Å². The number of fused-ring (bicyclic) bond motifs is 1. The monoisotopic (exact) mass is 455 g/mol. The third kappa shape index (κ3) is 5.78. The Bertz CT molecular complexity index is 1080. The van der Waals surface area contributed by atoms with Crippen molar-refractivity contribution in [3.63, 3.8) is 0 Å². The SMILES string of the molecule is CCN(CC)c1ccc(Nc2nc(Nc3ccccc3)c3ccccc3n2)cc1.Cl.Cl. The summed E-state index contributed by atoms with van der Waals surface area (Å²) >= 11 is 0. The molecule has 0 unspecified atom stereocenters. The molecule has 0 spiro atoms. The third-order valence-electron chi connectivity index (χ3n) is 4.89. The lowest BCUT2D eigenvalue weighted by molar-refractivity contribution is 0.866. The molecule has 31 heavy (non-hydrogen) atoms. The zero-order valence-electron chi connectivity index (χ0n) is 17.6. The van der Waals surface area contributed by atoms with E-state index in [4.69, 9.17) is 9.97 Å². The fourth-order valence-corrected chi connectivity index (χ4v) is 3.36. The van der Waals surface area contributed by atoms with Gasteiger partial charge in [0.05, 0.1) is 5.52 Å². The van der Waals surface area contributed by atoms with Crippen molar-refractivity contribution in [1.29, 1.82) is 0 Å². The topological polar surface area (TPSA) is 53.1 Å². The molecule has 0 fully saturated rings. The molecule has 7 heteroatoms. The van der Waals surface area contributed by atoms with Crippen molar-refractivity contribution in [2.45, 2.75) is 13.8 Å². The van der Waals surface area contributed by atoms with Crippen molar-refractivity contribution >= 4 is 64.5 Å². The molecule has 4 rings (SSSR count). The lowest BCUT2D eigenvalue weighted by Crippen LogP contribution is -2.21. The van der Waals surface area contributed by atoms with E-state index in [0.717, 1.165) is 41.2 Å². The minimum atomic E-state index is 0. The van der Waals surface area contributed by atoms with Crippen molar-refractivity contribution in [3.8, 4) is 0 Å². The second-order valence-corrected chi connectivity index (χ2v) is 6.75. The summed E-state index contributed by atoms with van der Waals surface area (Å²) in [7, 11) is 0. The van der Waals surface area contributed by atoms with E-state index in [0.29, 0.717) is 5.95 Å². The predicted octanol–water partition coefficient (Wildman–Crippen LogP) is 6.81. The van der Waals surface area contributed by atoms with Crippen LogP contribution >= 0.6 is 24.8 Å². The fourth-order valence-electron chi connectivity index (χ4n) is 3.36. The molecule has 0 aliphatic rings. The average Bonchev–Trinajstić information content (AvgIpc) is 2.76. The molecule has 5 nitrogen and oxygen atoms in total. The first-order valence-corrected chi connectivity index (χ1v) is 9.97. The first-order chi connectivity index (χ1) is 14.3. The van der Waals surface area contributed by atoms with E-state index < -0.39 is 0 Å². The molecule has 0 amide bonds. The van der Waals surface area contributed by atoms with Crippen LogP contribution in [0.1, 0.15) is 13.8 Å². The van der Waals surface area contributed by atoms with Gasteiger partial charge in [-0.2, -0.15) is 4.98 Å². The lowest BCUT2D eigenvalue weighted by atomic mass is 10.2. The molecule has 162 valence electrons. The highest BCUT2D eigenvalue weighted by Gasteiger charge is 2.09. The second-order valence-electron chi connectivity index (χ2n) is 6.75. The van der Waals surface area contributed by atoms with Crippen LogP contribution in [0.15, 0.2) is 78.9 Å². The Hall–Kier alpha value is -3.02. The Morgan fingerprint density at radius 2 is 1.29 bits per heavy atom. The smallest absolute Gasteiger partial charge is 0.229 e. The van der Waals surface area contributed by atoms with Crippen molar-refractivity contribution in [2.24, 2.45) is 0 Å². The number of halogens is 2. The van der Waals surface area contributed by atoms with Gasteiger partial charge in [-0.1, -0.05) is 30.3 Å². The largest absolute Gasteiger partial charge is 0.372 e. The van der Waals surface area contributed by atoms with E-state index in [1.807, 2.05) is 54.6 Å². The fraction of sp³-hybridized carbons (Fsp3) is 0.167. The molecule has 4 aromatic rings. The summed E-state index contributed by atoms with van der Waals surface area (Å²) in [6, 6.07) is 26.5. The minimum Gasteiger partial charge on any atom is -0.372 e. The first-order valence-electron chi connectivity index (χ1n) is 9.97. The summed E-state index contributed by atoms with van der Waals surface area (Å²) in [6.07, 6.45) is 0. The summed E-state index contributed by atoms with van der Waals surface area (Å²) in [6.45, 7) is 6.32. The number of anilines is 5. The number of aromatic nitrogens is 2. The van der Waals surface area contributed by atoms with Crippen molar-refractivity contribution in [1.82, 2.24) is 9.97 Å². The van der Waals surface area contributed by atoms with Crippen LogP contribution in [0.2, 0.25) is 0 Å². The summed E-state index contributed by atoms with van der Waals surface area (Å²) < 4.78 is 0. The van der Waals surface area contributed by atoms with Crippen LogP contribution < -0.4 is 15.5 Å². The maximum absolute atomic E-state index is 4.74. The molecule has 0 radical (unpaired) electrons. The second kappa shape index (κ2) is 11.4. The Morgan fingerprint density at radius 3 is 1.97 bits per heavy atom. The van der Waals surface area contributed by atoms with Crippen molar-refractivity contribution in [3.05, 3.63) is 78.9 Å². The molecule has 1 heterocycles. The summed E-state index contributed by atoms with van der Waals surface area (Å²) in [5, 5.41) is 7.74. The van der Waals surface area contributed by atoms with E-state index in [9.17, 15) is 0 Å². The van der Waals surface area contributed by atoms with Crippen LogP contribution in [-0.4, -0.2) is 23.1 Å². The Kier molecular flexibility index (Phi) is 8.91. The molecule has 0 aliphatic heterocycles. The third-order valence-corrected chi connectivity index (χ3v) is 4.89. The number of nitrogens with zero attached hydrogens (tertiary/aromatic N) is 3. The highest BCUT2D eigenvalue weighted by Crippen LogP contribution is 2.27. The van der Waals surface area contributed by atoms with Gasteiger partial charge in [0.1, 0.15) is 5.82 Å². The van der Waals surface area contributed by atoms with Crippen molar-refractivity contribution in [2.75, 3.05) is 28.6 Å². The van der Waals surface area contributed by atoms with Crippen LogP contribution in [0.5, 0.6) is 0 Å². The van der Waals surface area contributed by atoms with Gasteiger partial charge in [0.2, 0.25) is 5.95 Å². The summed E-state index contributed by atoms with van der Waals surface area (Å²) in [5.41, 5.74) is 4.06. The Balaban J connectivity index is 0.00000171. The standard InChI is InChI=1S/C24H25N5.2ClH/c1-3-29(4-2)20-16-14-19(15-17-20)26-24-27-22-13-9-8-12-21(22)23(28-24)25-18-10-6-5-7-11-18;;/h5-17H,3-4H2,1-2H3,(H2,25,26,27,28);2*1H. The number of rotatable bonds is 7. The normalized spacial score (nSPS) is 10.0. The van der Waals surface area contributed by atoms with Gasteiger partial charge in [0.15, 0.2) is 0 Å². The van der Waals surface area contributed by atoms with Crippen LogP contribution in [0.25, 0.3) is 10.9 Å². The molecule has 0 saturated carbocycles. The molecule has 0 aliphatic carbocycles. The van der Waals surface area contributed by atoms with Gasteiger partial charge in [-0.3, -0.25) is 0 Å². The minimum absolute atomic E-state index is 0. The molecule has 0 bridgehead atoms. The van der Waals surface area contributed by atoms with Gasteiger partial charge in [-0.25, -0.2) is 4.98 Å². The Morgan fingerprint density at radius 1 is 0.677 bits per heavy atom. The van der Waals surface area contributed by atoms with Crippen molar-refractivity contribution < 1.29 is 0 Å². The first kappa shape index (κ1) is 24.3. The highest BCUT2D eigenvalue weighted by molar-refractivity contribution is 5.92. The zero-order valence-corrected chi connectivity index (χ0v) is 19.2. The van der Waals surface area contributed by atoms with Gasteiger partial charge in [0, 0.05) is 35.5 Å². The van der Waals surface area contributed by atoms with Gasteiger partial charge >= 0.3 is 0 Å². The van der Waals surface area contributed by atoms with E-state index in [1.165, 1.54) is 5.69 Å². The highest BCUT2D eigenvalue weighted by atomic mass is 35.5. The van der Waals surface area contributed by atoms with Crippen LogP contribution in [0, 0.1) is 0 Å². The number of nitrogens with one attached hydrogen (secondary N) is 2. The maximum atomic E-state index is 4.74. The maximum Gasteiger partial charge on any atom is 0.229 e. The summed E-state index contributed by atoms with van der Waals surface area (Å²) in [4.78, 5) is 11.7. The predicted molar refractivity (Wildman–Crippen MR) is 137 cm³/mol. The Labute approximate surface area is 195 Å². The number of benzene rings is 3. The number of hydrogen-bond donors (Lipinski definition) is 2. The molecular formula is C24H27Cl2N5. The van der Waals surface area contributed by atoms with Gasteiger partial charge in [-0.15, -0.1) is 24.8 Å². The number of hydrogen-bond acceptors (Lipinski definition) is 5. The van der Waals surface area contributed by atoms with E-state index in [2.05, 4.69) is 53.6 Å². The van der Waals surface area contributed by atoms with E-state index >= 15 is 0 Å². The van der Waals surface area contributed by atoms with E-state index in [-0.39, 0.29) is 24.8 Å². The molecule has 2 N–H and O–H groups in total. The molecule has 3 aromatic carbocycles. The molecule has 0 saturated heterocycles. The molecular weight excluding hydrogens is 429 g/mol. The van der Waals surface area contributed by atoms with Crippen LogP contribution in [0.4, 0.5) is 28.8 Å². The van der Waals surface area contributed by atoms with Gasteiger partial charge in [-0.05, 0) is 62.4 Å². The molecule has 0 atom stereocenters. The summed E-state index contributed by atoms with van der Waals surface area (Å²) in [5.74, 6) is 1.35. The average molecular weight is 456 g/mol. The molecule has 1 aromatic heterocycles. The lowest BCUT2D eigenvalue weighted by Gasteiger charge is -2.21. The van der Waals surface area contributed by atoms with Crippen LogP contribution in [-0.2, 0) is 0 Å². The van der Waals surface area contributed by atoms with Gasteiger partial charge in [0.25, 0.3) is 0 Å². The number of para-hydroxylation sites is 2.